The molecule has 1 atom stereocenters. The van der Waals surface area contributed by atoms with E-state index >= 15 is 0 Å². The number of halogens is 2. The number of carbonyl (C=O) groups is 1. The van der Waals surface area contributed by atoms with Crippen LogP contribution in [0.1, 0.15) is 34.1 Å². The Hall–Kier alpha value is -1.42. The van der Waals surface area contributed by atoms with Crippen LogP contribution in [-0.4, -0.2) is 17.4 Å². The van der Waals surface area contributed by atoms with Crippen molar-refractivity contribution in [2.45, 2.75) is 18.9 Å². The van der Waals surface area contributed by atoms with Crippen LogP contribution in [0.25, 0.3) is 0 Å². The van der Waals surface area contributed by atoms with Gasteiger partial charge in [0, 0.05) is 12.6 Å². The van der Waals surface area contributed by atoms with E-state index in [1.165, 1.54) is 17.8 Å². The molecule has 21 heavy (non-hydrogen) atoms. The highest BCUT2D eigenvalue weighted by Gasteiger charge is 2.25. The number of fused-ring (bicyclic) bond motifs is 1. The molecular weight excluding hydrogens is 309 g/mol. The maximum absolute atomic E-state index is 12.4. The third kappa shape index (κ3) is 3.10. The van der Waals surface area contributed by atoms with Crippen molar-refractivity contribution >= 4 is 29.0 Å². The van der Waals surface area contributed by atoms with Crippen molar-refractivity contribution in [2.24, 2.45) is 0 Å². The molecule has 2 heterocycles. The number of pyridine rings is 1. The van der Waals surface area contributed by atoms with E-state index in [0.717, 1.165) is 12.0 Å². The Kier molecular flexibility index (Phi) is 4.24. The number of hydrogen-bond acceptors (Lipinski definition) is 3. The van der Waals surface area contributed by atoms with E-state index in [0.29, 0.717) is 11.6 Å². The zero-order valence-corrected chi connectivity index (χ0v) is 12.7. The normalized spacial score (nSPS) is 17.3. The van der Waals surface area contributed by atoms with E-state index in [1.54, 1.807) is 0 Å². The lowest BCUT2D eigenvalue weighted by Gasteiger charge is -2.25. The summed E-state index contributed by atoms with van der Waals surface area (Å²) in [6.07, 6.45) is 2.29. The molecule has 1 aromatic heterocycles. The zero-order chi connectivity index (χ0) is 14.8. The van der Waals surface area contributed by atoms with Crippen LogP contribution in [-0.2, 0) is 11.2 Å². The molecule has 1 unspecified atom stereocenters. The number of carbonyl (C=O) groups excluding carboxylic acids is 1. The summed E-state index contributed by atoms with van der Waals surface area (Å²) in [4.78, 5) is 16.4. The Morgan fingerprint density at radius 1 is 1.33 bits per heavy atom. The molecule has 1 aliphatic rings. The van der Waals surface area contributed by atoms with Crippen LogP contribution in [0.2, 0.25) is 10.0 Å². The van der Waals surface area contributed by atoms with Gasteiger partial charge < -0.3 is 4.74 Å². The van der Waals surface area contributed by atoms with Gasteiger partial charge in [-0.1, -0.05) is 47.5 Å². The van der Waals surface area contributed by atoms with Gasteiger partial charge in [0.15, 0.2) is 5.78 Å². The minimum atomic E-state index is -0.240. The first-order valence-electron chi connectivity index (χ1n) is 6.69. The molecule has 108 valence electrons. The lowest BCUT2D eigenvalue weighted by molar-refractivity contribution is 0.0350. The predicted octanol–water partition coefficient (Wildman–Crippen LogP) is 4.28. The van der Waals surface area contributed by atoms with Gasteiger partial charge in [-0.05, 0) is 23.6 Å². The highest BCUT2D eigenvalue weighted by atomic mass is 35.5. The number of rotatable bonds is 3. The molecule has 3 rings (SSSR count). The Balaban J connectivity index is 1.83. The first-order chi connectivity index (χ1) is 10.1. The molecule has 1 aromatic carbocycles. The molecule has 0 saturated heterocycles. The summed E-state index contributed by atoms with van der Waals surface area (Å²) in [5.74, 6) is -0.140. The fourth-order valence-corrected chi connectivity index (χ4v) is 3.02. The standard InChI is InChI=1S/C16H13Cl2NO2/c17-11-7-13(18)16(19-9-11)14(20)8-15-12-4-2-1-3-10(12)5-6-21-15/h1-4,7,9,15H,5-6,8H2. The minimum absolute atomic E-state index is 0.140. The number of ketones is 1. The molecule has 0 fully saturated rings. The summed E-state index contributed by atoms with van der Waals surface area (Å²) in [5.41, 5.74) is 2.55. The van der Waals surface area contributed by atoms with Crippen LogP contribution in [0.3, 0.4) is 0 Å². The van der Waals surface area contributed by atoms with Gasteiger partial charge in [-0.15, -0.1) is 0 Å². The van der Waals surface area contributed by atoms with Gasteiger partial charge >= 0.3 is 0 Å². The van der Waals surface area contributed by atoms with E-state index < -0.39 is 0 Å². The molecule has 2 aromatic rings. The van der Waals surface area contributed by atoms with Gasteiger partial charge in [0.05, 0.1) is 22.8 Å². The monoisotopic (exact) mass is 321 g/mol. The maximum Gasteiger partial charge on any atom is 0.185 e. The summed E-state index contributed by atoms with van der Waals surface area (Å²) < 4.78 is 5.74. The number of Topliss-reactive ketones (excluding diaryl/α,β-unsaturated/α-hetero) is 1. The van der Waals surface area contributed by atoms with Gasteiger partial charge in [-0.2, -0.15) is 0 Å². The Bertz CT molecular complexity index is 688. The summed E-state index contributed by atoms with van der Waals surface area (Å²) >= 11 is 11.8. The third-order valence-corrected chi connectivity index (χ3v) is 4.03. The number of nitrogens with zero attached hydrogens (tertiary/aromatic N) is 1. The van der Waals surface area contributed by atoms with Crippen LogP contribution >= 0.6 is 23.2 Å². The number of hydrogen-bond donors (Lipinski definition) is 0. The highest BCUT2D eigenvalue weighted by molar-refractivity contribution is 6.36. The second-order valence-corrected chi connectivity index (χ2v) is 5.76. The van der Waals surface area contributed by atoms with Crippen molar-refractivity contribution in [3.05, 3.63) is 63.4 Å². The molecule has 3 nitrogen and oxygen atoms in total. The van der Waals surface area contributed by atoms with Crippen molar-refractivity contribution in [3.8, 4) is 0 Å². The quantitative estimate of drug-likeness (QED) is 0.792. The third-order valence-electron chi connectivity index (χ3n) is 3.54. The largest absolute Gasteiger partial charge is 0.373 e. The van der Waals surface area contributed by atoms with E-state index in [4.69, 9.17) is 27.9 Å². The van der Waals surface area contributed by atoms with E-state index in [9.17, 15) is 4.79 Å². The van der Waals surface area contributed by atoms with Gasteiger partial charge in [-0.25, -0.2) is 0 Å². The molecule has 1 aliphatic heterocycles. The smallest absolute Gasteiger partial charge is 0.185 e. The molecule has 0 spiro atoms. The van der Waals surface area contributed by atoms with Gasteiger partial charge in [0.1, 0.15) is 5.69 Å². The van der Waals surface area contributed by atoms with Crippen LogP contribution in [0, 0.1) is 0 Å². The first-order valence-corrected chi connectivity index (χ1v) is 7.44. The van der Waals surface area contributed by atoms with E-state index in [-0.39, 0.29) is 29.0 Å². The SMILES string of the molecule is O=C(CC1OCCc2ccccc21)c1ncc(Cl)cc1Cl. The average Bonchev–Trinajstić information content (AvgIpc) is 2.47. The molecule has 0 radical (unpaired) electrons. The second kappa shape index (κ2) is 6.14. The number of aromatic nitrogens is 1. The first kappa shape index (κ1) is 14.5. The van der Waals surface area contributed by atoms with Crippen molar-refractivity contribution in [1.29, 1.82) is 0 Å². The number of ether oxygens (including phenoxy) is 1. The van der Waals surface area contributed by atoms with Crippen molar-refractivity contribution in [3.63, 3.8) is 0 Å². The fraction of sp³-hybridized carbons (Fsp3) is 0.250. The molecule has 0 saturated carbocycles. The summed E-state index contributed by atoms with van der Waals surface area (Å²) in [6.45, 7) is 0.622. The Morgan fingerprint density at radius 3 is 2.95 bits per heavy atom. The minimum Gasteiger partial charge on any atom is -0.373 e. The van der Waals surface area contributed by atoms with Crippen LogP contribution in [0.4, 0.5) is 0 Å². The van der Waals surface area contributed by atoms with Gasteiger partial charge in [0.2, 0.25) is 0 Å². The van der Waals surface area contributed by atoms with Crippen molar-refractivity contribution in [1.82, 2.24) is 4.98 Å². The molecule has 0 N–H and O–H groups in total. The highest BCUT2D eigenvalue weighted by Crippen LogP contribution is 2.31. The lowest BCUT2D eigenvalue weighted by Crippen LogP contribution is -2.19. The molecule has 5 heteroatoms. The Morgan fingerprint density at radius 2 is 2.14 bits per heavy atom. The molecule has 0 amide bonds. The fourth-order valence-electron chi connectivity index (χ4n) is 2.53. The second-order valence-electron chi connectivity index (χ2n) is 4.92. The topological polar surface area (TPSA) is 39.2 Å². The predicted molar refractivity (Wildman–Crippen MR) is 82.0 cm³/mol. The van der Waals surface area contributed by atoms with Gasteiger partial charge in [-0.3, -0.25) is 9.78 Å². The number of benzene rings is 1. The molecular formula is C16H13Cl2NO2. The lowest BCUT2D eigenvalue weighted by atomic mass is 9.94. The summed E-state index contributed by atoms with van der Waals surface area (Å²) in [7, 11) is 0. The van der Waals surface area contributed by atoms with Crippen molar-refractivity contribution in [2.75, 3.05) is 6.61 Å². The maximum atomic E-state index is 12.4. The molecule has 0 bridgehead atoms. The summed E-state index contributed by atoms with van der Waals surface area (Å²) in [5, 5.41) is 0.687. The average molecular weight is 322 g/mol. The molecule has 0 aliphatic carbocycles. The van der Waals surface area contributed by atoms with E-state index in [1.807, 2.05) is 18.2 Å². The Labute approximate surface area is 132 Å². The van der Waals surface area contributed by atoms with Crippen LogP contribution in [0.5, 0.6) is 0 Å². The zero-order valence-electron chi connectivity index (χ0n) is 11.2. The van der Waals surface area contributed by atoms with Crippen LogP contribution < -0.4 is 0 Å². The van der Waals surface area contributed by atoms with Gasteiger partial charge in [0.25, 0.3) is 0 Å². The van der Waals surface area contributed by atoms with Crippen LogP contribution in [0.15, 0.2) is 36.5 Å². The van der Waals surface area contributed by atoms with Crippen molar-refractivity contribution < 1.29 is 9.53 Å². The summed E-state index contributed by atoms with van der Waals surface area (Å²) in [6, 6.07) is 9.56. The van der Waals surface area contributed by atoms with E-state index in [2.05, 4.69) is 11.1 Å².